The average Bonchev–Trinajstić information content (AvgIpc) is 2.07. The summed E-state index contributed by atoms with van der Waals surface area (Å²) in [6.45, 7) is 0. The van der Waals surface area contributed by atoms with Crippen molar-refractivity contribution in [1.29, 1.82) is 0 Å². The number of carbonyl (C=O) groups is 1. The first-order valence-corrected chi connectivity index (χ1v) is 3.12. The minimum atomic E-state index is 0.519. The number of benzene rings is 1. The molecule has 11 heavy (non-hydrogen) atoms. The van der Waals surface area contributed by atoms with Gasteiger partial charge in [-0.05, 0) is 11.6 Å². The van der Waals surface area contributed by atoms with E-state index in [-0.39, 0.29) is 0 Å². The van der Waals surface area contributed by atoms with E-state index in [9.17, 15) is 4.79 Å². The van der Waals surface area contributed by atoms with Crippen LogP contribution in [0.25, 0.3) is 0 Å². The Kier molecular flexibility index (Phi) is 2.86. The first-order chi connectivity index (χ1) is 5.43. The molecule has 0 aliphatic carbocycles. The third kappa shape index (κ3) is 2.62. The second-order valence-corrected chi connectivity index (χ2v) is 1.84. The minimum Gasteiger partial charge on any atom is -0.277 e. The number of amides is 1. The van der Waals surface area contributed by atoms with Gasteiger partial charge in [0.25, 0.3) is 0 Å². The maximum absolute atomic E-state index is 9.76. The Balaban J connectivity index is 2.57. The molecule has 3 heteroatoms. The normalized spacial score (nSPS) is 9.82. The van der Waals surface area contributed by atoms with E-state index in [0.717, 1.165) is 5.56 Å². The molecule has 1 N–H and O–H groups in total. The second kappa shape index (κ2) is 4.22. The van der Waals surface area contributed by atoms with Crippen molar-refractivity contribution in [2.45, 2.75) is 0 Å². The van der Waals surface area contributed by atoms with Gasteiger partial charge in [0, 0.05) is 0 Å². The molecular formula is C8H7N2O. The maximum Gasteiger partial charge on any atom is 0.227 e. The Morgan fingerprint density at radius 2 is 2.18 bits per heavy atom. The molecule has 0 saturated carbocycles. The van der Waals surface area contributed by atoms with E-state index in [4.69, 9.17) is 0 Å². The zero-order valence-corrected chi connectivity index (χ0v) is 5.82. The van der Waals surface area contributed by atoms with Crippen LogP contribution >= 0.6 is 0 Å². The Morgan fingerprint density at radius 1 is 1.45 bits per heavy atom. The highest BCUT2D eigenvalue weighted by molar-refractivity contribution is 5.79. The Bertz CT molecular complexity index is 244. The Hall–Kier alpha value is -1.64. The van der Waals surface area contributed by atoms with Gasteiger partial charge < -0.3 is 0 Å². The molecule has 0 aliphatic rings. The monoisotopic (exact) mass is 147 g/mol. The zero-order chi connectivity index (χ0) is 7.94. The fraction of sp³-hybridized carbons (Fsp3) is 0. The van der Waals surface area contributed by atoms with Crippen molar-refractivity contribution < 1.29 is 4.79 Å². The van der Waals surface area contributed by atoms with Crippen LogP contribution in [0.15, 0.2) is 29.4 Å². The number of nitrogens with one attached hydrogen (secondary N) is 1. The van der Waals surface area contributed by atoms with Gasteiger partial charge in [-0.3, -0.25) is 4.79 Å². The van der Waals surface area contributed by atoms with E-state index in [1.807, 2.05) is 12.1 Å². The lowest BCUT2D eigenvalue weighted by molar-refractivity contribution is -0.109. The van der Waals surface area contributed by atoms with Crippen LogP contribution in [-0.2, 0) is 4.79 Å². The van der Waals surface area contributed by atoms with E-state index in [2.05, 4.69) is 16.6 Å². The van der Waals surface area contributed by atoms with E-state index in [0.29, 0.717) is 6.41 Å². The van der Waals surface area contributed by atoms with Crippen molar-refractivity contribution in [3.05, 3.63) is 35.9 Å². The number of carbonyl (C=O) groups excluding carboxylic acids is 1. The van der Waals surface area contributed by atoms with E-state index in [1.54, 1.807) is 18.3 Å². The van der Waals surface area contributed by atoms with Gasteiger partial charge in [0.1, 0.15) is 0 Å². The highest BCUT2D eigenvalue weighted by Gasteiger charge is 1.81. The molecule has 0 aromatic heterocycles. The van der Waals surface area contributed by atoms with Crippen LogP contribution in [0.1, 0.15) is 5.56 Å². The molecule has 0 bridgehead atoms. The highest BCUT2D eigenvalue weighted by atomic mass is 16.1. The number of rotatable bonds is 3. The summed E-state index contributed by atoms with van der Waals surface area (Å²) in [5, 5.41) is 3.60. The summed E-state index contributed by atoms with van der Waals surface area (Å²) in [5.74, 6) is 0. The van der Waals surface area contributed by atoms with Crippen molar-refractivity contribution in [3.63, 3.8) is 0 Å². The summed E-state index contributed by atoms with van der Waals surface area (Å²) in [7, 11) is 0. The predicted octanol–water partition coefficient (Wildman–Crippen LogP) is 0.567. The summed E-state index contributed by atoms with van der Waals surface area (Å²) >= 11 is 0. The lowest BCUT2D eigenvalue weighted by Gasteiger charge is -1.88. The van der Waals surface area contributed by atoms with Crippen LogP contribution in [0, 0.1) is 6.07 Å². The van der Waals surface area contributed by atoms with Crippen LogP contribution in [0.5, 0.6) is 0 Å². The van der Waals surface area contributed by atoms with Gasteiger partial charge in [0.15, 0.2) is 0 Å². The maximum atomic E-state index is 9.76. The van der Waals surface area contributed by atoms with Crippen LogP contribution in [0.2, 0.25) is 0 Å². The Labute approximate surface area is 64.7 Å². The van der Waals surface area contributed by atoms with Gasteiger partial charge in [-0.15, -0.1) is 0 Å². The van der Waals surface area contributed by atoms with E-state index >= 15 is 0 Å². The van der Waals surface area contributed by atoms with E-state index < -0.39 is 0 Å². The average molecular weight is 147 g/mol. The molecule has 0 atom stereocenters. The van der Waals surface area contributed by atoms with Crippen molar-refractivity contribution in [3.8, 4) is 0 Å². The molecular weight excluding hydrogens is 140 g/mol. The molecule has 3 nitrogen and oxygen atoms in total. The van der Waals surface area contributed by atoms with Gasteiger partial charge >= 0.3 is 0 Å². The van der Waals surface area contributed by atoms with Crippen molar-refractivity contribution >= 4 is 12.6 Å². The van der Waals surface area contributed by atoms with E-state index in [1.165, 1.54) is 0 Å². The molecule has 1 aromatic rings. The molecule has 1 amide bonds. The predicted molar refractivity (Wildman–Crippen MR) is 42.1 cm³/mol. The lowest BCUT2D eigenvalue weighted by Crippen LogP contribution is -2.00. The van der Waals surface area contributed by atoms with Crippen LogP contribution in [0.3, 0.4) is 0 Å². The van der Waals surface area contributed by atoms with Crippen LogP contribution in [-0.4, -0.2) is 12.6 Å². The quantitative estimate of drug-likeness (QED) is 0.379. The van der Waals surface area contributed by atoms with Gasteiger partial charge in [0.2, 0.25) is 6.41 Å². The minimum absolute atomic E-state index is 0.519. The number of hydrogen-bond donors (Lipinski definition) is 1. The molecule has 1 aromatic carbocycles. The first-order valence-electron chi connectivity index (χ1n) is 3.12. The first kappa shape index (κ1) is 7.47. The fourth-order valence-electron chi connectivity index (χ4n) is 0.628. The molecule has 0 spiro atoms. The molecule has 0 saturated heterocycles. The molecule has 1 rings (SSSR count). The Morgan fingerprint density at radius 3 is 2.82 bits per heavy atom. The van der Waals surface area contributed by atoms with Gasteiger partial charge in [0.05, 0.1) is 6.21 Å². The summed E-state index contributed by atoms with van der Waals surface area (Å²) in [6, 6.07) is 10.1. The second-order valence-electron chi connectivity index (χ2n) is 1.84. The summed E-state index contributed by atoms with van der Waals surface area (Å²) in [5.41, 5.74) is 3.10. The van der Waals surface area contributed by atoms with Crippen molar-refractivity contribution in [2.24, 2.45) is 5.10 Å². The summed E-state index contributed by atoms with van der Waals surface area (Å²) in [6.07, 6.45) is 2.08. The lowest BCUT2D eigenvalue weighted by atomic mass is 10.2. The molecule has 55 valence electrons. The number of nitrogens with zero attached hydrogens (tertiary/aromatic N) is 1. The molecule has 0 heterocycles. The number of hydrogen-bond acceptors (Lipinski definition) is 2. The number of hydrazone groups is 1. The smallest absolute Gasteiger partial charge is 0.227 e. The topological polar surface area (TPSA) is 41.5 Å². The zero-order valence-electron chi connectivity index (χ0n) is 5.82. The van der Waals surface area contributed by atoms with Crippen molar-refractivity contribution in [2.75, 3.05) is 0 Å². The third-order valence-corrected chi connectivity index (χ3v) is 1.08. The third-order valence-electron chi connectivity index (χ3n) is 1.08. The largest absolute Gasteiger partial charge is 0.277 e. The standard InChI is InChI=1S/C8H7N2O/c11-7-10-9-6-8-4-2-1-3-5-8/h2-7H,(H,10,11). The summed E-state index contributed by atoms with van der Waals surface area (Å²) < 4.78 is 0. The SMILES string of the molecule is O=CNN=Cc1cc[c]cc1. The van der Waals surface area contributed by atoms with Crippen LogP contribution in [0.4, 0.5) is 0 Å². The van der Waals surface area contributed by atoms with Gasteiger partial charge in [-0.25, -0.2) is 5.43 Å². The molecule has 1 radical (unpaired) electrons. The van der Waals surface area contributed by atoms with Crippen molar-refractivity contribution in [1.82, 2.24) is 5.43 Å². The van der Waals surface area contributed by atoms with Crippen LogP contribution < -0.4 is 5.43 Å². The molecule has 0 unspecified atom stereocenters. The molecule has 0 fully saturated rings. The highest BCUT2D eigenvalue weighted by Crippen LogP contribution is 1.91. The fourth-order valence-corrected chi connectivity index (χ4v) is 0.628. The summed E-state index contributed by atoms with van der Waals surface area (Å²) in [4.78, 5) is 9.76. The van der Waals surface area contributed by atoms with Gasteiger partial charge in [-0.1, -0.05) is 24.3 Å². The van der Waals surface area contributed by atoms with Gasteiger partial charge in [-0.2, -0.15) is 5.10 Å². The molecule has 0 aliphatic heterocycles.